The summed E-state index contributed by atoms with van der Waals surface area (Å²) in [7, 11) is -4.60. The van der Waals surface area contributed by atoms with E-state index in [1.165, 1.54) is 26.0 Å². The minimum absolute atomic E-state index is 0.0300. The Morgan fingerprint density at radius 3 is 2.59 bits per heavy atom. The van der Waals surface area contributed by atoms with Gasteiger partial charge in [0.1, 0.15) is 17.5 Å². The number of amides is 2. The second-order valence-corrected chi connectivity index (χ2v) is 11.9. The fraction of sp³-hybridized carbons (Fsp3) is 0.636. The first-order valence-electron chi connectivity index (χ1n) is 11.8. The van der Waals surface area contributed by atoms with Crippen LogP contribution < -0.4 is 20.8 Å². The normalized spacial score (nSPS) is 25.0. The van der Waals surface area contributed by atoms with E-state index in [1.54, 1.807) is 0 Å². The number of aryl methyl sites for hydroxylation is 1. The SMILES string of the molecule is Cc1ccc(NC(=O)[C@H](C)N2NCC(Cl)C(Cl)C2=O)cc1S(=O)(=O)N[C@@H](CC1CCCCN1)C(F)(F)F. The maximum atomic E-state index is 13.8. The minimum Gasteiger partial charge on any atom is -0.324 e. The van der Waals surface area contributed by atoms with Crippen LogP contribution in [0.15, 0.2) is 23.1 Å². The Morgan fingerprint density at radius 1 is 1.27 bits per heavy atom. The summed E-state index contributed by atoms with van der Waals surface area (Å²) >= 11 is 11.9. The average Bonchev–Trinajstić information content (AvgIpc) is 2.83. The van der Waals surface area contributed by atoms with Crippen molar-refractivity contribution in [3.05, 3.63) is 23.8 Å². The van der Waals surface area contributed by atoms with E-state index in [4.69, 9.17) is 23.2 Å². The molecule has 2 fully saturated rings. The van der Waals surface area contributed by atoms with Crippen LogP contribution in [0.1, 0.15) is 38.2 Å². The maximum Gasteiger partial charge on any atom is 0.404 e. The largest absolute Gasteiger partial charge is 0.404 e. The summed E-state index contributed by atoms with van der Waals surface area (Å²) in [5, 5.41) is 4.84. The lowest BCUT2D eigenvalue weighted by molar-refractivity contribution is -0.154. The standard InChI is InChI=1S/C22H30Cl2F3N5O4S/c1-12-6-7-15(30-20(33)13(2)32-21(34)19(24)16(23)11-29-32)9-17(12)37(35,36)31-18(22(25,26)27)10-14-5-3-4-8-28-14/h6-7,9,13-14,16,18-19,28-29,31H,3-5,8,10-11H2,1-2H3,(H,30,33)/t13-,14?,16?,18-,19?/m0/s1. The number of sulfonamides is 1. The number of hydrogen-bond acceptors (Lipinski definition) is 6. The van der Waals surface area contributed by atoms with Gasteiger partial charge < -0.3 is 10.6 Å². The van der Waals surface area contributed by atoms with Crippen molar-refractivity contribution in [2.75, 3.05) is 18.4 Å². The molecule has 3 rings (SSSR count). The molecule has 0 bridgehead atoms. The van der Waals surface area contributed by atoms with Crippen molar-refractivity contribution in [3.63, 3.8) is 0 Å². The number of hydrogen-bond donors (Lipinski definition) is 4. The summed E-state index contributed by atoms with van der Waals surface area (Å²) in [5.41, 5.74) is 2.94. The molecule has 0 saturated carbocycles. The van der Waals surface area contributed by atoms with Crippen molar-refractivity contribution in [2.45, 2.75) is 79.5 Å². The predicted molar refractivity (Wildman–Crippen MR) is 134 cm³/mol. The molecule has 2 aliphatic rings. The van der Waals surface area contributed by atoms with Gasteiger partial charge in [-0.05, 0) is 57.4 Å². The first kappa shape index (κ1) is 29.9. The Morgan fingerprint density at radius 2 is 1.97 bits per heavy atom. The van der Waals surface area contributed by atoms with Crippen molar-refractivity contribution in [3.8, 4) is 0 Å². The second kappa shape index (κ2) is 12.0. The lowest BCUT2D eigenvalue weighted by Gasteiger charge is -2.36. The number of halogens is 5. The molecule has 0 aliphatic carbocycles. The zero-order valence-electron chi connectivity index (χ0n) is 20.2. The average molecular weight is 588 g/mol. The van der Waals surface area contributed by atoms with E-state index < -0.39 is 68.2 Å². The van der Waals surface area contributed by atoms with Crippen molar-refractivity contribution in [2.24, 2.45) is 0 Å². The van der Waals surface area contributed by atoms with Gasteiger partial charge in [-0.15, -0.1) is 23.2 Å². The Balaban J connectivity index is 1.76. The molecule has 37 heavy (non-hydrogen) atoms. The molecular weight excluding hydrogens is 558 g/mol. The highest BCUT2D eigenvalue weighted by molar-refractivity contribution is 7.89. The van der Waals surface area contributed by atoms with E-state index in [-0.39, 0.29) is 17.8 Å². The Hall–Kier alpha value is -1.64. The molecule has 5 atom stereocenters. The molecule has 2 heterocycles. The highest BCUT2D eigenvalue weighted by Gasteiger charge is 2.44. The van der Waals surface area contributed by atoms with Crippen molar-refractivity contribution < 1.29 is 31.2 Å². The van der Waals surface area contributed by atoms with Crippen molar-refractivity contribution >= 4 is 50.7 Å². The van der Waals surface area contributed by atoms with Gasteiger partial charge in [-0.25, -0.2) is 13.8 Å². The smallest absolute Gasteiger partial charge is 0.324 e. The van der Waals surface area contributed by atoms with Crippen LogP contribution in [-0.4, -0.2) is 73.4 Å². The number of hydrazine groups is 1. The molecule has 2 aliphatic heterocycles. The van der Waals surface area contributed by atoms with Crippen LogP contribution in [0.3, 0.4) is 0 Å². The third-order valence-electron chi connectivity index (χ3n) is 6.38. The number of carbonyl (C=O) groups excluding carboxylic acids is 2. The quantitative estimate of drug-likeness (QED) is 0.347. The third kappa shape index (κ3) is 7.48. The minimum atomic E-state index is -4.79. The summed E-state index contributed by atoms with van der Waals surface area (Å²) in [5.74, 6) is -1.27. The third-order valence-corrected chi connectivity index (χ3v) is 9.02. The number of piperidine rings is 1. The summed E-state index contributed by atoms with van der Waals surface area (Å²) < 4.78 is 69.2. The molecule has 208 valence electrons. The van der Waals surface area contributed by atoms with Crippen LogP contribution in [-0.2, 0) is 19.6 Å². The van der Waals surface area contributed by atoms with E-state index in [9.17, 15) is 31.2 Å². The predicted octanol–water partition coefficient (Wildman–Crippen LogP) is 2.63. The maximum absolute atomic E-state index is 13.8. The summed E-state index contributed by atoms with van der Waals surface area (Å²) in [6.07, 6.45) is -3.08. The number of alkyl halides is 5. The van der Waals surface area contributed by atoms with Crippen LogP contribution in [0.25, 0.3) is 0 Å². The lowest BCUT2D eigenvalue weighted by Crippen LogP contribution is -2.62. The van der Waals surface area contributed by atoms with Crippen LogP contribution in [0, 0.1) is 6.92 Å². The molecule has 4 N–H and O–H groups in total. The fourth-order valence-electron chi connectivity index (χ4n) is 4.22. The van der Waals surface area contributed by atoms with Crippen LogP contribution >= 0.6 is 23.2 Å². The molecular formula is C22H30Cl2F3N5O4S. The van der Waals surface area contributed by atoms with Gasteiger partial charge in [-0.3, -0.25) is 14.6 Å². The monoisotopic (exact) mass is 587 g/mol. The van der Waals surface area contributed by atoms with E-state index in [0.717, 1.165) is 23.9 Å². The van der Waals surface area contributed by atoms with Crippen molar-refractivity contribution in [1.29, 1.82) is 0 Å². The molecule has 0 aromatic heterocycles. The zero-order valence-corrected chi connectivity index (χ0v) is 22.6. The molecule has 15 heteroatoms. The van der Waals surface area contributed by atoms with Gasteiger partial charge in [0, 0.05) is 18.3 Å². The number of anilines is 1. The Kier molecular flexibility index (Phi) is 9.73. The lowest BCUT2D eigenvalue weighted by atomic mass is 9.98. The van der Waals surface area contributed by atoms with Gasteiger partial charge in [0.25, 0.3) is 5.91 Å². The second-order valence-electron chi connectivity index (χ2n) is 9.23. The number of rotatable bonds is 8. The topological polar surface area (TPSA) is 120 Å². The van der Waals surface area contributed by atoms with Crippen LogP contribution in [0.5, 0.6) is 0 Å². The number of carbonyl (C=O) groups is 2. The Bertz CT molecular complexity index is 1100. The zero-order chi connectivity index (χ0) is 27.5. The van der Waals surface area contributed by atoms with Gasteiger partial charge >= 0.3 is 6.18 Å². The van der Waals surface area contributed by atoms with Gasteiger partial charge in [0.15, 0.2) is 0 Å². The number of nitrogens with one attached hydrogen (secondary N) is 4. The van der Waals surface area contributed by atoms with Crippen LogP contribution in [0.4, 0.5) is 18.9 Å². The van der Waals surface area contributed by atoms with Gasteiger partial charge in [0.05, 0.1) is 10.3 Å². The number of nitrogens with zero attached hydrogens (tertiary/aromatic N) is 1. The van der Waals surface area contributed by atoms with Gasteiger partial charge in [0.2, 0.25) is 15.9 Å². The summed E-state index contributed by atoms with van der Waals surface area (Å²) in [4.78, 5) is 24.8. The summed E-state index contributed by atoms with van der Waals surface area (Å²) in [6.45, 7) is 3.60. The Labute approximate surface area is 223 Å². The number of benzene rings is 1. The molecule has 0 radical (unpaired) electrons. The van der Waals surface area contributed by atoms with E-state index >= 15 is 0 Å². The van der Waals surface area contributed by atoms with E-state index in [2.05, 4.69) is 16.1 Å². The molecule has 1 aromatic rings. The summed E-state index contributed by atoms with van der Waals surface area (Å²) in [6, 6.07) is 0.0862. The van der Waals surface area contributed by atoms with Gasteiger partial charge in [-0.1, -0.05) is 12.5 Å². The highest BCUT2D eigenvalue weighted by Crippen LogP contribution is 2.29. The fourth-order valence-corrected chi connectivity index (χ4v) is 6.10. The molecule has 9 nitrogen and oxygen atoms in total. The van der Waals surface area contributed by atoms with E-state index in [0.29, 0.717) is 13.0 Å². The highest BCUT2D eigenvalue weighted by atomic mass is 35.5. The van der Waals surface area contributed by atoms with Crippen molar-refractivity contribution in [1.82, 2.24) is 20.5 Å². The van der Waals surface area contributed by atoms with Gasteiger partial charge in [-0.2, -0.15) is 17.9 Å². The molecule has 2 saturated heterocycles. The molecule has 0 spiro atoms. The first-order chi connectivity index (χ1) is 17.2. The molecule has 3 unspecified atom stereocenters. The first-order valence-corrected chi connectivity index (χ1v) is 14.1. The molecule has 2 amide bonds. The molecule has 1 aromatic carbocycles. The van der Waals surface area contributed by atoms with Crippen LogP contribution in [0.2, 0.25) is 0 Å². The van der Waals surface area contributed by atoms with E-state index in [1.807, 2.05) is 4.72 Å².